The maximum Gasteiger partial charge on any atom is 0.223 e. The molecule has 3 nitrogen and oxygen atoms in total. The summed E-state index contributed by atoms with van der Waals surface area (Å²) in [6.07, 6.45) is 0.543. The van der Waals surface area contributed by atoms with Crippen LogP contribution in [0.4, 0.5) is 0 Å². The number of carbonyl (C=O) groups excluding carboxylic acids is 1. The zero-order chi connectivity index (χ0) is 13.5. The zero-order valence-electron chi connectivity index (χ0n) is 11.1. The highest BCUT2D eigenvalue weighted by Crippen LogP contribution is 2.21. The third-order valence-electron chi connectivity index (χ3n) is 2.79. The van der Waals surface area contributed by atoms with E-state index >= 15 is 0 Å². The normalized spacial score (nSPS) is 11.6. The summed E-state index contributed by atoms with van der Waals surface area (Å²) in [7, 11) is 1.81. The van der Waals surface area contributed by atoms with Crippen molar-refractivity contribution in [2.24, 2.45) is 5.73 Å². The lowest BCUT2D eigenvalue weighted by Gasteiger charge is -2.23. The Kier molecular flexibility index (Phi) is 9.52. The summed E-state index contributed by atoms with van der Waals surface area (Å²) in [5.74, 6) is 0.944. The molecule has 6 heteroatoms. The molecule has 0 aliphatic rings. The van der Waals surface area contributed by atoms with Crippen molar-refractivity contribution in [1.29, 1.82) is 0 Å². The van der Waals surface area contributed by atoms with E-state index in [2.05, 4.69) is 15.9 Å². The van der Waals surface area contributed by atoms with Crippen LogP contribution >= 0.6 is 40.1 Å². The number of hydrogen-bond donors (Lipinski definition) is 1. The molecule has 0 saturated carbocycles. The van der Waals surface area contributed by atoms with Crippen molar-refractivity contribution < 1.29 is 4.79 Å². The number of benzene rings is 1. The van der Waals surface area contributed by atoms with Crippen molar-refractivity contribution in [2.75, 3.05) is 19.3 Å². The molecular formula is C13H20BrClN2OS. The van der Waals surface area contributed by atoms with E-state index in [-0.39, 0.29) is 24.4 Å². The van der Waals surface area contributed by atoms with Crippen LogP contribution in [0.3, 0.4) is 0 Å². The first kappa shape index (κ1) is 18.8. The van der Waals surface area contributed by atoms with Crippen molar-refractivity contribution in [3.63, 3.8) is 0 Å². The molecule has 1 aromatic rings. The molecule has 0 fully saturated rings. The summed E-state index contributed by atoms with van der Waals surface area (Å²) < 4.78 is 1.07. The number of thioether (sulfide) groups is 1. The average molecular weight is 368 g/mol. The molecular weight excluding hydrogens is 348 g/mol. The fourth-order valence-corrected chi connectivity index (χ4v) is 2.47. The molecule has 0 spiro atoms. The largest absolute Gasteiger partial charge is 0.342 e. The van der Waals surface area contributed by atoms with E-state index in [1.54, 1.807) is 16.7 Å². The van der Waals surface area contributed by atoms with Gasteiger partial charge in [0.2, 0.25) is 5.91 Å². The number of nitrogens with zero attached hydrogens (tertiary/aromatic N) is 1. The van der Waals surface area contributed by atoms with Gasteiger partial charge in [-0.25, -0.2) is 0 Å². The third-order valence-corrected chi connectivity index (χ3v) is 4.34. The summed E-state index contributed by atoms with van der Waals surface area (Å²) in [5.41, 5.74) is 5.54. The van der Waals surface area contributed by atoms with Crippen LogP contribution in [0.25, 0.3) is 0 Å². The van der Waals surface area contributed by atoms with Crippen LogP contribution < -0.4 is 5.73 Å². The topological polar surface area (TPSA) is 46.3 Å². The highest BCUT2D eigenvalue weighted by Gasteiger charge is 2.13. The summed E-state index contributed by atoms with van der Waals surface area (Å²) in [5, 5.41) is 0. The molecule has 1 rings (SSSR count). The molecule has 1 amide bonds. The fraction of sp³-hybridized carbons (Fsp3) is 0.462. The first-order valence-corrected chi connectivity index (χ1v) is 7.66. The lowest BCUT2D eigenvalue weighted by molar-refractivity contribution is -0.131. The zero-order valence-corrected chi connectivity index (χ0v) is 14.4. The van der Waals surface area contributed by atoms with Gasteiger partial charge in [0.05, 0.1) is 0 Å². The first-order valence-electron chi connectivity index (χ1n) is 5.88. The van der Waals surface area contributed by atoms with Crippen molar-refractivity contribution in [1.82, 2.24) is 4.90 Å². The Hall–Kier alpha value is -0.230. The van der Waals surface area contributed by atoms with E-state index in [4.69, 9.17) is 5.73 Å². The Morgan fingerprint density at radius 3 is 2.53 bits per heavy atom. The van der Waals surface area contributed by atoms with Crippen molar-refractivity contribution in [3.8, 4) is 0 Å². The van der Waals surface area contributed by atoms with Gasteiger partial charge in [0, 0.05) is 41.2 Å². The first-order chi connectivity index (χ1) is 8.54. The maximum atomic E-state index is 11.8. The highest BCUT2D eigenvalue weighted by molar-refractivity contribution is 9.10. The summed E-state index contributed by atoms with van der Waals surface area (Å²) >= 11 is 5.09. The summed E-state index contributed by atoms with van der Waals surface area (Å²) in [6, 6.07) is 8.21. The van der Waals surface area contributed by atoms with Gasteiger partial charge in [0.25, 0.3) is 0 Å². The van der Waals surface area contributed by atoms with Crippen LogP contribution in [-0.4, -0.2) is 36.2 Å². The Labute approximate surface area is 133 Å². The Balaban J connectivity index is 0.00000324. The van der Waals surface area contributed by atoms with Crippen LogP contribution in [0, 0.1) is 0 Å². The van der Waals surface area contributed by atoms with E-state index in [1.807, 2.05) is 38.2 Å². The lowest BCUT2D eigenvalue weighted by Crippen LogP contribution is -2.39. The molecule has 0 heterocycles. The van der Waals surface area contributed by atoms with Crippen LogP contribution in [0.2, 0.25) is 0 Å². The van der Waals surface area contributed by atoms with E-state index in [1.165, 1.54) is 4.90 Å². The van der Waals surface area contributed by atoms with E-state index in [9.17, 15) is 4.79 Å². The van der Waals surface area contributed by atoms with E-state index < -0.39 is 0 Å². The molecule has 1 atom stereocenters. The molecule has 108 valence electrons. The van der Waals surface area contributed by atoms with Crippen molar-refractivity contribution in [3.05, 3.63) is 28.7 Å². The SMILES string of the molecule is CC(CN)N(C)C(=O)CCSc1ccc(Br)cc1.Cl. The minimum Gasteiger partial charge on any atom is -0.342 e. The molecule has 0 radical (unpaired) electrons. The van der Waals surface area contributed by atoms with E-state index in [0.29, 0.717) is 13.0 Å². The third kappa shape index (κ3) is 6.65. The van der Waals surface area contributed by atoms with Crippen LogP contribution in [0.1, 0.15) is 13.3 Å². The van der Waals surface area contributed by atoms with Gasteiger partial charge in [-0.2, -0.15) is 0 Å². The molecule has 19 heavy (non-hydrogen) atoms. The Morgan fingerprint density at radius 2 is 2.00 bits per heavy atom. The molecule has 0 aliphatic heterocycles. The van der Waals surface area contributed by atoms with Crippen LogP contribution in [-0.2, 0) is 4.79 Å². The molecule has 2 N–H and O–H groups in total. The smallest absolute Gasteiger partial charge is 0.223 e. The lowest BCUT2D eigenvalue weighted by atomic mass is 10.3. The van der Waals surface area contributed by atoms with Gasteiger partial charge < -0.3 is 10.6 Å². The van der Waals surface area contributed by atoms with Gasteiger partial charge in [-0.3, -0.25) is 4.79 Å². The second-order valence-electron chi connectivity index (χ2n) is 4.14. The molecule has 0 aromatic heterocycles. The predicted octanol–water partition coefficient (Wildman–Crippen LogP) is 3.16. The summed E-state index contributed by atoms with van der Waals surface area (Å²) in [4.78, 5) is 14.7. The number of carbonyl (C=O) groups is 1. The highest BCUT2D eigenvalue weighted by atomic mass is 79.9. The van der Waals surface area contributed by atoms with Gasteiger partial charge in [-0.05, 0) is 31.2 Å². The Bertz CT molecular complexity index is 389. The summed E-state index contributed by atoms with van der Waals surface area (Å²) in [6.45, 7) is 2.46. The number of halogens is 2. The molecule has 0 saturated heterocycles. The number of amides is 1. The second kappa shape index (κ2) is 9.64. The van der Waals surface area contributed by atoms with Gasteiger partial charge in [-0.1, -0.05) is 15.9 Å². The minimum atomic E-state index is 0. The standard InChI is InChI=1S/C13H19BrN2OS.ClH/c1-10(9-15)16(2)13(17)7-8-18-12-5-3-11(14)4-6-12;/h3-6,10H,7-9,15H2,1-2H3;1H. The molecule has 1 unspecified atom stereocenters. The second-order valence-corrected chi connectivity index (χ2v) is 6.23. The fourth-order valence-electron chi connectivity index (χ4n) is 1.37. The molecule has 0 bridgehead atoms. The predicted molar refractivity (Wildman–Crippen MR) is 88.0 cm³/mol. The molecule has 1 aromatic carbocycles. The quantitative estimate of drug-likeness (QED) is 0.786. The average Bonchev–Trinajstić information content (AvgIpc) is 2.39. The number of rotatable bonds is 6. The Morgan fingerprint density at radius 1 is 1.42 bits per heavy atom. The maximum absolute atomic E-state index is 11.8. The number of likely N-dealkylation sites (N-methyl/N-ethyl adjacent to an activating group) is 1. The van der Waals surface area contributed by atoms with Crippen molar-refractivity contribution in [2.45, 2.75) is 24.3 Å². The van der Waals surface area contributed by atoms with Gasteiger partial charge in [0.1, 0.15) is 0 Å². The molecule has 0 aliphatic carbocycles. The van der Waals surface area contributed by atoms with Crippen molar-refractivity contribution >= 4 is 46.0 Å². The van der Waals surface area contributed by atoms with Crippen LogP contribution in [0.5, 0.6) is 0 Å². The number of nitrogens with two attached hydrogens (primary N) is 1. The minimum absolute atomic E-state index is 0. The van der Waals surface area contributed by atoms with E-state index in [0.717, 1.165) is 10.2 Å². The van der Waals surface area contributed by atoms with Gasteiger partial charge in [0.15, 0.2) is 0 Å². The van der Waals surface area contributed by atoms with Crippen LogP contribution in [0.15, 0.2) is 33.6 Å². The van der Waals surface area contributed by atoms with Gasteiger partial charge in [-0.15, -0.1) is 24.2 Å². The van der Waals surface area contributed by atoms with Gasteiger partial charge >= 0.3 is 0 Å². The monoisotopic (exact) mass is 366 g/mol. The number of hydrogen-bond acceptors (Lipinski definition) is 3.